The van der Waals surface area contributed by atoms with Crippen LogP contribution >= 0.6 is 35.0 Å². The lowest BCUT2D eigenvalue weighted by atomic mass is 10.2. The topological polar surface area (TPSA) is 61.1 Å². The molecule has 0 spiro atoms. The van der Waals surface area contributed by atoms with E-state index in [-0.39, 0.29) is 10.6 Å². The second kappa shape index (κ2) is 6.19. The number of carboxylic acids is 1. The molecule has 0 bridgehead atoms. The Balaban J connectivity index is 2.33. The molecule has 0 aromatic heterocycles. The van der Waals surface area contributed by atoms with Gasteiger partial charge in [0.1, 0.15) is 0 Å². The van der Waals surface area contributed by atoms with Crippen LogP contribution in [-0.2, 0) is 0 Å². The normalized spacial score (nSPS) is 10.1. The molecule has 2 aromatic carbocycles. The first-order valence-electron chi connectivity index (χ1n) is 5.41. The molecule has 1 N–H and O–H groups in total. The highest BCUT2D eigenvalue weighted by molar-refractivity contribution is 7.99. The first-order chi connectivity index (χ1) is 9.51. The number of hydrogen-bond donors (Lipinski definition) is 1. The van der Waals surface area contributed by atoms with Crippen LogP contribution in [0.5, 0.6) is 0 Å². The highest BCUT2D eigenvalue weighted by Gasteiger charge is 2.11. The number of carbonyl (C=O) groups is 1. The molecule has 20 heavy (non-hydrogen) atoms. The first kappa shape index (κ1) is 14.7. The van der Waals surface area contributed by atoms with Crippen molar-refractivity contribution in [3.63, 3.8) is 0 Å². The first-order valence-corrected chi connectivity index (χ1v) is 6.99. The lowest BCUT2D eigenvalue weighted by Gasteiger charge is -2.06. The number of nitriles is 1. The minimum Gasteiger partial charge on any atom is -0.478 e. The number of hydrogen-bond acceptors (Lipinski definition) is 3. The lowest BCUT2D eigenvalue weighted by Crippen LogP contribution is -1.97. The Morgan fingerprint density at radius 2 is 1.90 bits per heavy atom. The van der Waals surface area contributed by atoms with Crippen LogP contribution in [0.2, 0.25) is 10.0 Å². The fraction of sp³-hybridized carbons (Fsp3) is 0. The maximum absolute atomic E-state index is 11.0. The number of rotatable bonds is 3. The zero-order valence-corrected chi connectivity index (χ0v) is 12.3. The van der Waals surface area contributed by atoms with E-state index in [0.717, 1.165) is 4.90 Å². The van der Waals surface area contributed by atoms with Crippen LogP contribution in [0.3, 0.4) is 0 Å². The van der Waals surface area contributed by atoms with E-state index in [9.17, 15) is 4.79 Å². The van der Waals surface area contributed by atoms with Gasteiger partial charge in [-0.05, 0) is 36.4 Å². The molecule has 6 heteroatoms. The van der Waals surface area contributed by atoms with Crippen molar-refractivity contribution in [3.05, 3.63) is 57.6 Å². The predicted molar refractivity (Wildman–Crippen MR) is 78.7 cm³/mol. The van der Waals surface area contributed by atoms with E-state index in [1.807, 2.05) is 6.07 Å². The number of benzene rings is 2. The average molecular weight is 324 g/mol. The number of nitrogens with zero attached hydrogens (tertiary/aromatic N) is 1. The largest absolute Gasteiger partial charge is 0.478 e. The molecule has 2 rings (SSSR count). The fourth-order valence-electron chi connectivity index (χ4n) is 1.51. The molecule has 0 radical (unpaired) electrons. The molecule has 0 aliphatic carbocycles. The third-order valence-electron chi connectivity index (χ3n) is 2.46. The van der Waals surface area contributed by atoms with Crippen molar-refractivity contribution < 1.29 is 9.90 Å². The van der Waals surface area contributed by atoms with Crippen LogP contribution in [0.4, 0.5) is 0 Å². The van der Waals surface area contributed by atoms with Crippen molar-refractivity contribution >= 4 is 40.9 Å². The Hall–Kier alpha value is -1.67. The van der Waals surface area contributed by atoms with Crippen LogP contribution in [0.15, 0.2) is 46.2 Å². The molecule has 0 atom stereocenters. The molecule has 2 aromatic rings. The Morgan fingerprint density at radius 3 is 2.50 bits per heavy atom. The second-order valence-corrected chi connectivity index (χ2v) is 5.74. The smallest absolute Gasteiger partial charge is 0.337 e. The lowest BCUT2D eigenvalue weighted by molar-refractivity contribution is 0.0697. The quantitative estimate of drug-likeness (QED) is 0.888. The van der Waals surface area contributed by atoms with E-state index in [1.165, 1.54) is 23.9 Å². The van der Waals surface area contributed by atoms with Gasteiger partial charge in [0.25, 0.3) is 0 Å². The summed E-state index contributed by atoms with van der Waals surface area (Å²) >= 11 is 13.2. The van der Waals surface area contributed by atoms with Gasteiger partial charge in [-0.25, -0.2) is 4.79 Å². The van der Waals surface area contributed by atoms with E-state index in [0.29, 0.717) is 15.5 Å². The van der Waals surface area contributed by atoms with Gasteiger partial charge in [-0.1, -0.05) is 35.0 Å². The summed E-state index contributed by atoms with van der Waals surface area (Å²) in [6.45, 7) is 0. The van der Waals surface area contributed by atoms with Crippen molar-refractivity contribution in [1.82, 2.24) is 0 Å². The van der Waals surface area contributed by atoms with Crippen molar-refractivity contribution in [2.45, 2.75) is 9.79 Å². The van der Waals surface area contributed by atoms with E-state index in [4.69, 9.17) is 33.6 Å². The van der Waals surface area contributed by atoms with Crippen LogP contribution in [0.25, 0.3) is 0 Å². The Kier molecular flexibility index (Phi) is 4.56. The van der Waals surface area contributed by atoms with Gasteiger partial charge < -0.3 is 5.11 Å². The van der Waals surface area contributed by atoms with E-state index < -0.39 is 5.97 Å². The summed E-state index contributed by atoms with van der Waals surface area (Å²) < 4.78 is 0. The molecule has 0 heterocycles. The highest BCUT2D eigenvalue weighted by atomic mass is 35.5. The van der Waals surface area contributed by atoms with Gasteiger partial charge in [0.15, 0.2) is 0 Å². The van der Waals surface area contributed by atoms with Gasteiger partial charge >= 0.3 is 5.97 Å². The van der Waals surface area contributed by atoms with E-state index in [1.54, 1.807) is 24.3 Å². The van der Waals surface area contributed by atoms with Crippen molar-refractivity contribution in [2.24, 2.45) is 0 Å². The molecule has 0 saturated carbocycles. The van der Waals surface area contributed by atoms with Crippen molar-refractivity contribution in [2.75, 3.05) is 0 Å². The SMILES string of the molecule is N#Cc1ccc(Sc2ccc(Cl)c(C(=O)O)c2)c(Cl)c1. The molecule has 3 nitrogen and oxygen atoms in total. The van der Waals surface area contributed by atoms with Gasteiger partial charge in [0, 0.05) is 9.79 Å². The van der Waals surface area contributed by atoms with Crippen LogP contribution in [0.1, 0.15) is 15.9 Å². The minimum absolute atomic E-state index is 0.0430. The predicted octanol–water partition coefficient (Wildman–Crippen LogP) is 4.71. The maximum atomic E-state index is 11.0. The molecule has 100 valence electrons. The zero-order valence-electron chi connectivity index (χ0n) is 9.93. The summed E-state index contributed by atoms with van der Waals surface area (Å²) in [7, 11) is 0. The molecule has 0 aliphatic heterocycles. The summed E-state index contributed by atoms with van der Waals surface area (Å²) in [5, 5.41) is 18.4. The number of carboxylic acid groups (broad SMARTS) is 1. The molecular formula is C14H7Cl2NO2S. The second-order valence-electron chi connectivity index (χ2n) is 3.81. The van der Waals surface area contributed by atoms with Gasteiger partial charge in [0.2, 0.25) is 0 Å². The third-order valence-corrected chi connectivity index (χ3v) is 4.28. The molecular weight excluding hydrogens is 317 g/mol. The van der Waals surface area contributed by atoms with Gasteiger partial charge in [-0.3, -0.25) is 0 Å². The van der Waals surface area contributed by atoms with Gasteiger partial charge in [-0.2, -0.15) is 5.26 Å². The minimum atomic E-state index is -1.08. The Labute approximate surface area is 129 Å². The van der Waals surface area contributed by atoms with Crippen molar-refractivity contribution in [3.8, 4) is 6.07 Å². The summed E-state index contributed by atoms with van der Waals surface area (Å²) in [5.41, 5.74) is 0.517. The Bertz CT molecular complexity index is 726. The average Bonchev–Trinajstić information content (AvgIpc) is 2.42. The molecule has 0 amide bonds. The highest BCUT2D eigenvalue weighted by Crippen LogP contribution is 2.35. The molecule has 0 unspecified atom stereocenters. The van der Waals surface area contributed by atoms with Gasteiger partial charge in [-0.15, -0.1) is 0 Å². The monoisotopic (exact) mass is 323 g/mol. The molecule has 0 saturated heterocycles. The van der Waals surface area contributed by atoms with E-state index >= 15 is 0 Å². The van der Waals surface area contributed by atoms with Crippen LogP contribution in [0, 0.1) is 11.3 Å². The van der Waals surface area contributed by atoms with E-state index in [2.05, 4.69) is 0 Å². The maximum Gasteiger partial charge on any atom is 0.337 e. The zero-order chi connectivity index (χ0) is 14.7. The Morgan fingerprint density at radius 1 is 1.15 bits per heavy atom. The summed E-state index contributed by atoms with van der Waals surface area (Å²) in [6.07, 6.45) is 0. The number of aromatic carboxylic acids is 1. The fourth-order valence-corrected chi connectivity index (χ4v) is 2.87. The van der Waals surface area contributed by atoms with Crippen molar-refractivity contribution in [1.29, 1.82) is 5.26 Å². The third kappa shape index (κ3) is 3.26. The summed E-state index contributed by atoms with van der Waals surface area (Å²) in [4.78, 5) is 12.5. The molecule has 0 fully saturated rings. The summed E-state index contributed by atoms with van der Waals surface area (Å²) in [6, 6.07) is 11.7. The number of halogens is 2. The molecule has 0 aliphatic rings. The van der Waals surface area contributed by atoms with Crippen LogP contribution in [-0.4, -0.2) is 11.1 Å². The standard InChI is InChI=1S/C14H7Cl2NO2S/c15-11-3-2-9(6-10(11)14(18)19)20-13-4-1-8(7-17)5-12(13)16/h1-6H,(H,18,19). The van der Waals surface area contributed by atoms with Gasteiger partial charge in [0.05, 0.1) is 27.2 Å². The summed E-state index contributed by atoms with van der Waals surface area (Å²) in [5.74, 6) is -1.08. The van der Waals surface area contributed by atoms with Crippen LogP contribution < -0.4 is 0 Å².